The Morgan fingerprint density at radius 3 is 2.63 bits per heavy atom. The smallest absolute Gasteiger partial charge is 0.231 e. The average Bonchev–Trinajstić information content (AvgIpc) is 3.20. The molecule has 0 bridgehead atoms. The van der Waals surface area contributed by atoms with E-state index in [4.69, 9.17) is 18.9 Å². The topological polar surface area (TPSA) is 74.3 Å². The Labute approximate surface area is 174 Å². The number of carbonyl (C=O) groups excluding carboxylic acids is 2. The van der Waals surface area contributed by atoms with E-state index in [0.29, 0.717) is 35.8 Å². The number of fused-ring (bicyclic) bond motifs is 5. The summed E-state index contributed by atoms with van der Waals surface area (Å²) in [5, 5.41) is 0. The molecule has 0 aliphatic carbocycles. The molecule has 0 radical (unpaired) electrons. The predicted octanol–water partition coefficient (Wildman–Crippen LogP) is 3.25. The van der Waals surface area contributed by atoms with Crippen molar-refractivity contribution in [2.45, 2.75) is 31.8 Å². The van der Waals surface area contributed by atoms with Gasteiger partial charge in [0.2, 0.25) is 6.79 Å². The largest absolute Gasteiger partial charge is 0.493 e. The Morgan fingerprint density at radius 1 is 1.17 bits per heavy atom. The molecule has 0 spiro atoms. The van der Waals surface area contributed by atoms with Gasteiger partial charge in [0.05, 0.1) is 20.3 Å². The van der Waals surface area contributed by atoms with Gasteiger partial charge in [-0.3, -0.25) is 14.5 Å². The summed E-state index contributed by atoms with van der Waals surface area (Å²) in [5.41, 5.74) is 3.31. The van der Waals surface area contributed by atoms with Gasteiger partial charge < -0.3 is 18.9 Å². The molecule has 3 aliphatic heterocycles. The van der Waals surface area contributed by atoms with E-state index in [1.165, 1.54) is 0 Å². The highest BCUT2D eigenvalue weighted by Crippen LogP contribution is 2.51. The van der Waals surface area contributed by atoms with E-state index in [1.54, 1.807) is 33.3 Å². The van der Waals surface area contributed by atoms with Crippen LogP contribution in [-0.2, 0) is 11.2 Å². The molecular formula is C23H23NO6. The van der Waals surface area contributed by atoms with Crippen LogP contribution in [0.15, 0.2) is 24.3 Å². The molecule has 30 heavy (non-hydrogen) atoms. The van der Waals surface area contributed by atoms with Crippen molar-refractivity contribution in [1.82, 2.24) is 4.90 Å². The maximum absolute atomic E-state index is 13.7. The summed E-state index contributed by atoms with van der Waals surface area (Å²) < 4.78 is 22.2. The number of Topliss-reactive ketones (excluding diaryl/α,β-unsaturated/α-hetero) is 2. The van der Waals surface area contributed by atoms with E-state index in [9.17, 15) is 9.59 Å². The van der Waals surface area contributed by atoms with E-state index in [-0.39, 0.29) is 24.4 Å². The zero-order valence-corrected chi connectivity index (χ0v) is 17.2. The van der Waals surface area contributed by atoms with Gasteiger partial charge in [0.25, 0.3) is 0 Å². The number of hydrogen-bond acceptors (Lipinski definition) is 7. The lowest BCUT2D eigenvalue weighted by Gasteiger charge is -2.45. The summed E-state index contributed by atoms with van der Waals surface area (Å²) in [5.74, 6) is 2.49. The molecule has 7 heteroatoms. The quantitative estimate of drug-likeness (QED) is 0.767. The first-order valence-electron chi connectivity index (χ1n) is 10.00. The minimum Gasteiger partial charge on any atom is -0.493 e. The normalized spacial score (nSPS) is 21.5. The maximum Gasteiger partial charge on any atom is 0.231 e. The molecule has 2 aromatic rings. The van der Waals surface area contributed by atoms with Crippen LogP contribution >= 0.6 is 0 Å². The highest BCUT2D eigenvalue weighted by Gasteiger charge is 2.46. The van der Waals surface area contributed by atoms with Crippen molar-refractivity contribution in [3.05, 3.63) is 46.5 Å². The second kappa shape index (κ2) is 7.02. The first-order chi connectivity index (χ1) is 14.5. The van der Waals surface area contributed by atoms with Crippen molar-refractivity contribution in [3.8, 4) is 23.0 Å². The van der Waals surface area contributed by atoms with Gasteiger partial charge in [0.15, 0.2) is 28.8 Å². The van der Waals surface area contributed by atoms with Crippen LogP contribution in [0, 0.1) is 0 Å². The lowest BCUT2D eigenvalue weighted by Crippen LogP contribution is -2.46. The van der Waals surface area contributed by atoms with Gasteiger partial charge >= 0.3 is 0 Å². The third kappa shape index (κ3) is 2.69. The number of benzene rings is 2. The fourth-order valence-corrected chi connectivity index (χ4v) is 4.96. The molecule has 0 saturated heterocycles. The number of ketones is 2. The summed E-state index contributed by atoms with van der Waals surface area (Å²) in [6.45, 7) is 2.42. The second-order valence-electron chi connectivity index (χ2n) is 7.84. The Balaban J connectivity index is 1.71. The molecular weight excluding hydrogens is 386 g/mol. The van der Waals surface area contributed by atoms with Gasteiger partial charge in [-0.1, -0.05) is 0 Å². The molecule has 3 aliphatic rings. The SMILES string of the molecule is COc1ccc2c(c1OC)[C@H](CC(C)=O)N1CCc3cc4c(cc3[C@H]1C2=O)OCO4. The standard InChI is InChI=1S/C23H23NO6/c1-12(25)8-16-20-14(4-5-17(27-2)23(20)28-3)22(26)21-15-10-19-18(29-11-30-19)9-13(15)6-7-24(16)21/h4-5,9-10,16,21H,6-8,11H2,1-3H3/t16-,21-/m0/s1. The summed E-state index contributed by atoms with van der Waals surface area (Å²) in [6, 6.07) is 6.68. The number of methoxy groups -OCH3 is 2. The number of nitrogens with zero attached hydrogens (tertiary/aromatic N) is 1. The molecule has 0 aromatic heterocycles. The van der Waals surface area contributed by atoms with E-state index < -0.39 is 6.04 Å². The molecule has 0 unspecified atom stereocenters. The van der Waals surface area contributed by atoms with Crippen LogP contribution in [0.25, 0.3) is 0 Å². The zero-order chi connectivity index (χ0) is 21.0. The summed E-state index contributed by atoms with van der Waals surface area (Å²) in [7, 11) is 3.13. The summed E-state index contributed by atoms with van der Waals surface area (Å²) in [4.78, 5) is 28.1. The van der Waals surface area contributed by atoms with Gasteiger partial charge in [0.1, 0.15) is 5.78 Å². The fraction of sp³-hybridized carbons (Fsp3) is 0.391. The molecule has 5 rings (SSSR count). The lowest BCUT2D eigenvalue weighted by atomic mass is 9.78. The number of carbonyl (C=O) groups is 2. The molecule has 7 nitrogen and oxygen atoms in total. The van der Waals surface area contributed by atoms with Gasteiger partial charge in [-0.2, -0.15) is 0 Å². The molecule has 156 valence electrons. The van der Waals surface area contributed by atoms with Crippen molar-refractivity contribution >= 4 is 11.6 Å². The Morgan fingerprint density at radius 2 is 1.93 bits per heavy atom. The van der Waals surface area contributed by atoms with Gasteiger partial charge in [-0.25, -0.2) is 0 Å². The van der Waals surface area contributed by atoms with E-state index in [0.717, 1.165) is 28.9 Å². The number of hydrogen-bond donors (Lipinski definition) is 0. The summed E-state index contributed by atoms with van der Waals surface area (Å²) >= 11 is 0. The molecule has 0 fully saturated rings. The molecule has 2 atom stereocenters. The minimum absolute atomic E-state index is 0.00873. The first kappa shape index (κ1) is 18.9. The van der Waals surface area contributed by atoms with Crippen molar-refractivity contribution in [1.29, 1.82) is 0 Å². The molecule has 0 N–H and O–H groups in total. The Kier molecular flexibility index (Phi) is 4.43. The molecule has 3 heterocycles. The third-order valence-corrected chi connectivity index (χ3v) is 6.21. The van der Waals surface area contributed by atoms with Crippen LogP contribution in [-0.4, -0.2) is 44.0 Å². The van der Waals surface area contributed by atoms with Crippen LogP contribution in [0.1, 0.15) is 52.5 Å². The monoisotopic (exact) mass is 409 g/mol. The number of rotatable bonds is 4. The predicted molar refractivity (Wildman–Crippen MR) is 108 cm³/mol. The van der Waals surface area contributed by atoms with Gasteiger partial charge in [-0.15, -0.1) is 0 Å². The average molecular weight is 409 g/mol. The first-order valence-corrected chi connectivity index (χ1v) is 10.00. The van der Waals surface area contributed by atoms with E-state index in [1.807, 2.05) is 12.1 Å². The minimum atomic E-state index is -0.474. The van der Waals surface area contributed by atoms with E-state index in [2.05, 4.69) is 4.90 Å². The van der Waals surface area contributed by atoms with Crippen molar-refractivity contribution in [3.63, 3.8) is 0 Å². The highest BCUT2D eigenvalue weighted by atomic mass is 16.7. The molecule has 0 amide bonds. The Hall–Kier alpha value is -3.06. The van der Waals surface area contributed by atoms with Gasteiger partial charge in [0, 0.05) is 30.1 Å². The van der Waals surface area contributed by atoms with Crippen LogP contribution in [0.5, 0.6) is 23.0 Å². The zero-order valence-electron chi connectivity index (χ0n) is 17.2. The summed E-state index contributed by atoms with van der Waals surface area (Å²) in [6.07, 6.45) is 1.05. The van der Waals surface area contributed by atoms with Gasteiger partial charge in [-0.05, 0) is 48.7 Å². The Bertz CT molecular complexity index is 1060. The third-order valence-electron chi connectivity index (χ3n) is 6.21. The van der Waals surface area contributed by atoms with Crippen LogP contribution < -0.4 is 18.9 Å². The van der Waals surface area contributed by atoms with Crippen molar-refractivity contribution in [2.75, 3.05) is 27.6 Å². The maximum atomic E-state index is 13.7. The second-order valence-corrected chi connectivity index (χ2v) is 7.84. The van der Waals surface area contributed by atoms with Crippen molar-refractivity contribution < 1.29 is 28.5 Å². The fourth-order valence-electron chi connectivity index (χ4n) is 4.96. The van der Waals surface area contributed by atoms with Crippen molar-refractivity contribution in [2.24, 2.45) is 0 Å². The van der Waals surface area contributed by atoms with E-state index >= 15 is 0 Å². The molecule has 0 saturated carbocycles. The number of ether oxygens (including phenoxy) is 4. The van der Waals surface area contributed by atoms with Crippen LogP contribution in [0.2, 0.25) is 0 Å². The van der Waals surface area contributed by atoms with Crippen LogP contribution in [0.3, 0.4) is 0 Å². The lowest BCUT2D eigenvalue weighted by molar-refractivity contribution is -0.118. The molecule has 2 aromatic carbocycles. The highest BCUT2D eigenvalue weighted by molar-refractivity contribution is 6.04. The van der Waals surface area contributed by atoms with Crippen LogP contribution in [0.4, 0.5) is 0 Å².